The van der Waals surface area contributed by atoms with Crippen LogP contribution in [0.3, 0.4) is 0 Å². The first kappa shape index (κ1) is 16.9. The van der Waals surface area contributed by atoms with E-state index in [0.717, 1.165) is 29.5 Å². The predicted octanol–water partition coefficient (Wildman–Crippen LogP) is 1.86. The Bertz CT molecular complexity index is 901. The number of aromatic hydroxyl groups is 1. The molecule has 0 aliphatic heterocycles. The fourth-order valence-corrected chi connectivity index (χ4v) is 3.92. The van der Waals surface area contributed by atoms with Crippen LogP contribution in [0, 0.1) is 6.92 Å². The number of thiazole rings is 1. The van der Waals surface area contributed by atoms with Gasteiger partial charge in [0.25, 0.3) is 10.0 Å². The number of aromatic nitrogens is 1. The molecule has 2 aromatic rings. The Hall–Kier alpha value is -2.46. The fourth-order valence-electron chi connectivity index (χ4n) is 1.79. The molecule has 0 aliphatic rings. The molecule has 3 N–H and O–H groups in total. The summed E-state index contributed by atoms with van der Waals surface area (Å²) in [6.07, 6.45) is 0. The third-order valence-electron chi connectivity index (χ3n) is 2.85. The molecule has 0 aliphatic carbocycles. The zero-order valence-corrected chi connectivity index (χ0v) is 13.7. The van der Waals surface area contributed by atoms with E-state index in [9.17, 15) is 23.1 Å². The average molecular weight is 356 g/mol. The van der Waals surface area contributed by atoms with Crippen LogP contribution < -0.4 is 4.72 Å². The van der Waals surface area contributed by atoms with Gasteiger partial charge in [-0.2, -0.15) is 0 Å². The van der Waals surface area contributed by atoms with Crippen molar-refractivity contribution < 1.29 is 28.2 Å². The summed E-state index contributed by atoms with van der Waals surface area (Å²) in [6, 6.07) is 2.88. The van der Waals surface area contributed by atoms with Crippen LogP contribution >= 0.6 is 11.3 Å². The van der Waals surface area contributed by atoms with Gasteiger partial charge in [0, 0.05) is 6.92 Å². The predicted molar refractivity (Wildman–Crippen MR) is 82.7 cm³/mol. The molecule has 0 saturated carbocycles. The number of carbonyl (C=O) groups is 2. The number of ketones is 1. The van der Waals surface area contributed by atoms with Crippen LogP contribution in [0.1, 0.15) is 32.6 Å². The van der Waals surface area contributed by atoms with E-state index in [0.29, 0.717) is 10.6 Å². The lowest BCUT2D eigenvalue weighted by Gasteiger charge is -2.07. The summed E-state index contributed by atoms with van der Waals surface area (Å²) in [4.78, 5) is 26.3. The molecule has 0 saturated heterocycles. The van der Waals surface area contributed by atoms with Crippen molar-refractivity contribution in [1.82, 2.24) is 4.98 Å². The van der Waals surface area contributed by atoms with Crippen LogP contribution in [0.2, 0.25) is 0 Å². The minimum absolute atomic E-state index is 0.00218. The van der Waals surface area contributed by atoms with Crippen molar-refractivity contribution in [1.29, 1.82) is 0 Å². The molecule has 2 rings (SSSR count). The number of hydrogen-bond donors (Lipinski definition) is 3. The summed E-state index contributed by atoms with van der Waals surface area (Å²) in [5, 5.41) is 18.3. The van der Waals surface area contributed by atoms with E-state index in [1.54, 1.807) is 6.92 Å². The van der Waals surface area contributed by atoms with E-state index in [1.807, 2.05) is 0 Å². The normalized spacial score (nSPS) is 11.2. The highest BCUT2D eigenvalue weighted by Gasteiger charge is 2.21. The Morgan fingerprint density at radius 1 is 1.30 bits per heavy atom. The van der Waals surface area contributed by atoms with E-state index in [-0.39, 0.29) is 15.8 Å². The monoisotopic (exact) mass is 356 g/mol. The summed E-state index contributed by atoms with van der Waals surface area (Å²) in [5.41, 5.74) is -0.134. The van der Waals surface area contributed by atoms with Gasteiger partial charge < -0.3 is 10.2 Å². The number of rotatable bonds is 5. The number of nitrogens with zero attached hydrogens (tertiary/aromatic N) is 1. The number of hydrogen-bond acceptors (Lipinski definition) is 7. The molecule has 23 heavy (non-hydrogen) atoms. The molecule has 0 atom stereocenters. The second-order valence-corrected chi connectivity index (χ2v) is 7.26. The van der Waals surface area contributed by atoms with E-state index in [2.05, 4.69) is 9.71 Å². The van der Waals surface area contributed by atoms with Gasteiger partial charge in [-0.3, -0.25) is 9.52 Å². The zero-order chi connectivity index (χ0) is 17.4. The Balaban J connectivity index is 2.40. The third-order valence-corrected chi connectivity index (χ3v) is 5.49. The molecule has 1 aromatic carbocycles. The number of Topliss-reactive ketones (excluding diaryl/α,β-unsaturated/α-hetero) is 1. The summed E-state index contributed by atoms with van der Waals surface area (Å²) in [7, 11) is -4.10. The van der Waals surface area contributed by atoms with Gasteiger partial charge in [-0.1, -0.05) is 11.3 Å². The Labute approximate surface area is 135 Å². The molecule has 0 unspecified atom stereocenters. The lowest BCUT2D eigenvalue weighted by atomic mass is 10.2. The zero-order valence-electron chi connectivity index (χ0n) is 12.0. The number of phenols is 1. The van der Waals surface area contributed by atoms with Gasteiger partial charge in [0.15, 0.2) is 10.9 Å². The van der Waals surface area contributed by atoms with E-state index >= 15 is 0 Å². The molecular formula is C13H12N2O6S2. The lowest BCUT2D eigenvalue weighted by Crippen LogP contribution is -2.13. The summed E-state index contributed by atoms with van der Waals surface area (Å²) >= 11 is 0.886. The second-order valence-electron chi connectivity index (χ2n) is 4.58. The molecule has 8 nitrogen and oxygen atoms in total. The molecule has 1 heterocycles. The molecule has 122 valence electrons. The largest absolute Gasteiger partial charge is 0.507 e. The number of benzene rings is 1. The number of anilines is 1. The molecule has 0 fully saturated rings. The number of aryl methyl sites for hydroxylation is 1. The van der Waals surface area contributed by atoms with Crippen molar-refractivity contribution in [3.8, 4) is 5.75 Å². The van der Waals surface area contributed by atoms with Crippen molar-refractivity contribution in [3.63, 3.8) is 0 Å². The van der Waals surface area contributed by atoms with Crippen LogP contribution in [0.4, 0.5) is 5.13 Å². The van der Waals surface area contributed by atoms with Gasteiger partial charge in [0.05, 0.1) is 15.5 Å². The van der Waals surface area contributed by atoms with E-state index in [4.69, 9.17) is 5.11 Å². The minimum atomic E-state index is -4.10. The summed E-state index contributed by atoms with van der Waals surface area (Å²) in [5.74, 6) is -2.23. The maximum absolute atomic E-state index is 12.3. The maximum Gasteiger partial charge on any atom is 0.339 e. The van der Waals surface area contributed by atoms with Crippen LogP contribution in [0.25, 0.3) is 0 Å². The van der Waals surface area contributed by atoms with Crippen molar-refractivity contribution in [2.24, 2.45) is 0 Å². The van der Waals surface area contributed by atoms with Crippen LogP contribution in [-0.4, -0.2) is 35.4 Å². The first-order valence-electron chi connectivity index (χ1n) is 6.19. The number of carboxylic acid groups (broad SMARTS) is 1. The molecular weight excluding hydrogens is 344 g/mol. The first-order chi connectivity index (χ1) is 10.6. The van der Waals surface area contributed by atoms with Crippen molar-refractivity contribution >= 4 is 38.2 Å². The van der Waals surface area contributed by atoms with Crippen molar-refractivity contribution in [3.05, 3.63) is 34.3 Å². The molecule has 0 radical (unpaired) electrons. The minimum Gasteiger partial charge on any atom is -0.507 e. The Kier molecular flexibility index (Phi) is 4.39. The number of aromatic carboxylic acids is 1. The highest BCUT2D eigenvalue weighted by Crippen LogP contribution is 2.27. The lowest BCUT2D eigenvalue weighted by molar-refractivity contribution is 0.0693. The molecule has 10 heteroatoms. The smallest absolute Gasteiger partial charge is 0.339 e. The number of sulfonamides is 1. The fraction of sp³-hybridized carbons (Fsp3) is 0.154. The first-order valence-corrected chi connectivity index (χ1v) is 8.49. The number of carbonyl (C=O) groups excluding carboxylic acids is 1. The SMILES string of the molecule is CC(=O)c1sc(NS(=O)(=O)c2ccc(O)c(C(=O)O)c2)nc1C. The summed E-state index contributed by atoms with van der Waals surface area (Å²) < 4.78 is 26.7. The number of nitrogens with one attached hydrogen (secondary N) is 1. The van der Waals surface area contributed by atoms with Gasteiger partial charge >= 0.3 is 5.97 Å². The Morgan fingerprint density at radius 3 is 2.48 bits per heavy atom. The van der Waals surface area contributed by atoms with Crippen LogP contribution in [-0.2, 0) is 10.0 Å². The van der Waals surface area contributed by atoms with Gasteiger partial charge in [0.1, 0.15) is 11.3 Å². The maximum atomic E-state index is 12.3. The van der Waals surface area contributed by atoms with E-state index < -0.39 is 27.3 Å². The second kappa shape index (κ2) is 5.97. The Morgan fingerprint density at radius 2 is 1.96 bits per heavy atom. The number of carboxylic acids is 1. The summed E-state index contributed by atoms with van der Waals surface area (Å²) in [6.45, 7) is 2.92. The molecule has 1 aromatic heterocycles. The topological polar surface area (TPSA) is 134 Å². The average Bonchev–Trinajstić information content (AvgIpc) is 2.78. The molecule has 0 amide bonds. The van der Waals surface area contributed by atoms with E-state index in [1.165, 1.54) is 6.92 Å². The highest BCUT2D eigenvalue weighted by molar-refractivity contribution is 7.93. The molecule has 0 spiro atoms. The standard InChI is InChI=1S/C13H12N2O6S2/c1-6-11(7(2)16)22-13(14-6)15-23(20,21)8-3-4-10(17)9(5-8)12(18)19/h3-5,17H,1-2H3,(H,14,15)(H,18,19). The van der Waals surface area contributed by atoms with Gasteiger partial charge in [-0.15, -0.1) is 0 Å². The quantitative estimate of drug-likeness (QED) is 0.696. The highest BCUT2D eigenvalue weighted by atomic mass is 32.2. The van der Waals surface area contributed by atoms with Gasteiger partial charge in [0.2, 0.25) is 0 Å². The van der Waals surface area contributed by atoms with Crippen LogP contribution in [0.5, 0.6) is 5.75 Å². The van der Waals surface area contributed by atoms with Gasteiger partial charge in [-0.25, -0.2) is 18.2 Å². The molecule has 0 bridgehead atoms. The van der Waals surface area contributed by atoms with Crippen LogP contribution in [0.15, 0.2) is 23.1 Å². The van der Waals surface area contributed by atoms with Gasteiger partial charge in [-0.05, 0) is 25.1 Å². The van der Waals surface area contributed by atoms with Crippen molar-refractivity contribution in [2.45, 2.75) is 18.7 Å². The van der Waals surface area contributed by atoms with Crippen molar-refractivity contribution in [2.75, 3.05) is 4.72 Å². The third kappa shape index (κ3) is 3.48.